The maximum Gasteiger partial charge on any atom is 0.136 e. The fourth-order valence-corrected chi connectivity index (χ4v) is 0.920. The van der Waals surface area contributed by atoms with E-state index in [2.05, 4.69) is 17.8 Å². The molecule has 0 radical (unpaired) electrons. The molecule has 0 aliphatic carbocycles. The lowest BCUT2D eigenvalue weighted by Gasteiger charge is -1.88. The van der Waals surface area contributed by atoms with Gasteiger partial charge in [0.2, 0.25) is 0 Å². The lowest BCUT2D eigenvalue weighted by molar-refractivity contribution is 0.396. The molecule has 9 heavy (non-hydrogen) atoms. The number of nitrogens with zero attached hydrogens (tertiary/aromatic N) is 1. The molecule has 0 bridgehead atoms. The van der Waals surface area contributed by atoms with Gasteiger partial charge >= 0.3 is 0 Å². The molecule has 0 aromatic carbocycles. The Bertz CT molecular complexity index is 185. The molecule has 0 amide bonds. The molecule has 0 atom stereocenters. The van der Waals surface area contributed by atoms with Crippen molar-refractivity contribution < 1.29 is 4.52 Å². The van der Waals surface area contributed by atoms with Crippen LogP contribution in [0.3, 0.4) is 0 Å². The third-order valence-electron chi connectivity index (χ3n) is 1.23. The number of hydrogen-bond donors (Lipinski definition) is 1. The fraction of sp³-hybridized carbons (Fsp3) is 0.500. The summed E-state index contributed by atoms with van der Waals surface area (Å²) in [6.45, 7) is 1.91. The second-order valence-electron chi connectivity index (χ2n) is 1.88. The molecule has 0 aliphatic rings. The van der Waals surface area contributed by atoms with Crippen LogP contribution >= 0.6 is 12.6 Å². The van der Waals surface area contributed by atoms with E-state index in [4.69, 9.17) is 4.52 Å². The maximum atomic E-state index is 4.83. The first-order chi connectivity index (χ1) is 4.34. The van der Waals surface area contributed by atoms with Gasteiger partial charge in [0, 0.05) is 5.56 Å². The molecule has 0 saturated carbocycles. The van der Waals surface area contributed by atoms with Crippen molar-refractivity contribution in [2.75, 3.05) is 5.75 Å². The zero-order chi connectivity index (χ0) is 6.69. The monoisotopic (exact) mass is 143 g/mol. The molecular formula is C6H9NOS. The number of thiol groups is 1. The Morgan fingerprint density at radius 2 is 2.56 bits per heavy atom. The van der Waals surface area contributed by atoms with E-state index in [1.807, 2.05) is 6.92 Å². The first-order valence-electron chi connectivity index (χ1n) is 2.85. The summed E-state index contributed by atoms with van der Waals surface area (Å²) < 4.78 is 4.83. The van der Waals surface area contributed by atoms with Gasteiger partial charge in [0.15, 0.2) is 0 Å². The molecule has 0 unspecified atom stereocenters. The molecule has 1 rings (SSSR count). The molecule has 1 heterocycles. The minimum Gasteiger partial charge on any atom is -0.361 e. The Balaban J connectivity index is 2.69. The summed E-state index contributed by atoms with van der Waals surface area (Å²) in [5.74, 6) is 1.76. The van der Waals surface area contributed by atoms with Gasteiger partial charge in [-0.05, 0) is 19.1 Å². The van der Waals surface area contributed by atoms with Crippen molar-refractivity contribution in [2.24, 2.45) is 0 Å². The molecule has 0 saturated heterocycles. The molecule has 0 aliphatic heterocycles. The third kappa shape index (κ3) is 1.48. The minimum absolute atomic E-state index is 0.849. The Morgan fingerprint density at radius 3 is 3.00 bits per heavy atom. The molecule has 3 heteroatoms. The third-order valence-corrected chi connectivity index (χ3v) is 1.46. The van der Waals surface area contributed by atoms with E-state index in [-0.39, 0.29) is 0 Å². The standard InChI is InChI=1S/C6H9NOS/c1-5-6(2-3-9)4-7-8-5/h4,9H,2-3H2,1H3. The van der Waals surface area contributed by atoms with Gasteiger partial charge in [-0.25, -0.2) is 0 Å². The van der Waals surface area contributed by atoms with Crippen LogP contribution in [0.25, 0.3) is 0 Å². The van der Waals surface area contributed by atoms with Crippen LogP contribution in [0, 0.1) is 6.92 Å². The van der Waals surface area contributed by atoms with Gasteiger partial charge < -0.3 is 4.52 Å². The van der Waals surface area contributed by atoms with Gasteiger partial charge in [0.1, 0.15) is 5.76 Å². The van der Waals surface area contributed by atoms with Crippen LogP contribution < -0.4 is 0 Å². The van der Waals surface area contributed by atoms with E-state index in [0.717, 1.165) is 23.5 Å². The number of aromatic nitrogens is 1. The second-order valence-corrected chi connectivity index (χ2v) is 2.33. The van der Waals surface area contributed by atoms with Crippen molar-refractivity contribution in [3.05, 3.63) is 17.5 Å². The zero-order valence-corrected chi connectivity index (χ0v) is 6.19. The summed E-state index contributed by atoms with van der Waals surface area (Å²) in [6.07, 6.45) is 2.68. The van der Waals surface area contributed by atoms with Gasteiger partial charge in [0.25, 0.3) is 0 Å². The van der Waals surface area contributed by atoms with Gasteiger partial charge in [-0.1, -0.05) is 5.16 Å². The van der Waals surface area contributed by atoms with Crippen LogP contribution in [-0.4, -0.2) is 10.9 Å². The Labute approximate surface area is 59.6 Å². The van der Waals surface area contributed by atoms with Crippen molar-refractivity contribution in [3.63, 3.8) is 0 Å². The number of aryl methyl sites for hydroxylation is 2. The maximum absolute atomic E-state index is 4.83. The molecule has 2 nitrogen and oxygen atoms in total. The smallest absolute Gasteiger partial charge is 0.136 e. The molecule has 0 spiro atoms. The van der Waals surface area contributed by atoms with E-state index >= 15 is 0 Å². The Morgan fingerprint density at radius 1 is 1.78 bits per heavy atom. The highest BCUT2D eigenvalue weighted by atomic mass is 32.1. The Hall–Kier alpha value is -0.440. The molecule has 50 valence electrons. The largest absolute Gasteiger partial charge is 0.361 e. The number of rotatable bonds is 2. The van der Waals surface area contributed by atoms with Crippen LogP contribution in [0.2, 0.25) is 0 Å². The Kier molecular flexibility index (Phi) is 2.16. The highest BCUT2D eigenvalue weighted by Crippen LogP contribution is 2.06. The molecule has 0 N–H and O–H groups in total. The van der Waals surface area contributed by atoms with Crippen LogP contribution in [0.1, 0.15) is 11.3 Å². The van der Waals surface area contributed by atoms with Gasteiger partial charge in [-0.2, -0.15) is 12.6 Å². The summed E-state index contributed by atoms with van der Waals surface area (Å²) >= 11 is 4.08. The molecular weight excluding hydrogens is 134 g/mol. The summed E-state index contributed by atoms with van der Waals surface area (Å²) in [4.78, 5) is 0. The average Bonchev–Trinajstić information content (AvgIpc) is 2.18. The molecule has 0 fully saturated rings. The van der Waals surface area contributed by atoms with Crippen molar-refractivity contribution >= 4 is 12.6 Å². The van der Waals surface area contributed by atoms with Crippen LogP contribution in [0.15, 0.2) is 10.7 Å². The highest BCUT2D eigenvalue weighted by Gasteiger charge is 1.99. The predicted octanol–water partition coefficient (Wildman–Crippen LogP) is 1.46. The lowest BCUT2D eigenvalue weighted by Crippen LogP contribution is -1.83. The SMILES string of the molecule is Cc1oncc1CCS. The van der Waals surface area contributed by atoms with Gasteiger partial charge in [-0.15, -0.1) is 0 Å². The summed E-state index contributed by atoms with van der Waals surface area (Å²) in [6, 6.07) is 0. The topological polar surface area (TPSA) is 26.0 Å². The second kappa shape index (κ2) is 2.92. The van der Waals surface area contributed by atoms with Crippen LogP contribution in [0.4, 0.5) is 0 Å². The average molecular weight is 143 g/mol. The van der Waals surface area contributed by atoms with E-state index in [1.54, 1.807) is 6.20 Å². The van der Waals surface area contributed by atoms with Crippen molar-refractivity contribution in [2.45, 2.75) is 13.3 Å². The van der Waals surface area contributed by atoms with Gasteiger partial charge in [0.05, 0.1) is 6.20 Å². The fourth-order valence-electron chi connectivity index (χ4n) is 0.680. The first kappa shape index (κ1) is 6.68. The van der Waals surface area contributed by atoms with Crippen molar-refractivity contribution in [3.8, 4) is 0 Å². The first-order valence-corrected chi connectivity index (χ1v) is 3.49. The predicted molar refractivity (Wildman–Crippen MR) is 38.8 cm³/mol. The highest BCUT2D eigenvalue weighted by molar-refractivity contribution is 7.80. The lowest BCUT2D eigenvalue weighted by atomic mass is 10.2. The summed E-state index contributed by atoms with van der Waals surface area (Å²) in [7, 11) is 0. The van der Waals surface area contributed by atoms with E-state index < -0.39 is 0 Å². The van der Waals surface area contributed by atoms with Crippen molar-refractivity contribution in [1.29, 1.82) is 0 Å². The zero-order valence-electron chi connectivity index (χ0n) is 5.29. The molecule has 1 aromatic rings. The van der Waals surface area contributed by atoms with Crippen molar-refractivity contribution in [1.82, 2.24) is 5.16 Å². The van der Waals surface area contributed by atoms with Crippen LogP contribution in [-0.2, 0) is 6.42 Å². The summed E-state index contributed by atoms with van der Waals surface area (Å²) in [5.41, 5.74) is 1.16. The van der Waals surface area contributed by atoms with E-state index in [9.17, 15) is 0 Å². The normalized spacial score (nSPS) is 10.0. The minimum atomic E-state index is 0.849. The van der Waals surface area contributed by atoms with Crippen LogP contribution in [0.5, 0.6) is 0 Å². The quantitative estimate of drug-likeness (QED) is 0.634. The van der Waals surface area contributed by atoms with E-state index in [0.29, 0.717) is 0 Å². The van der Waals surface area contributed by atoms with E-state index in [1.165, 1.54) is 0 Å². The van der Waals surface area contributed by atoms with Gasteiger partial charge in [-0.3, -0.25) is 0 Å². The number of hydrogen-bond acceptors (Lipinski definition) is 3. The summed E-state index contributed by atoms with van der Waals surface area (Å²) in [5, 5.41) is 3.63. The molecule has 1 aromatic heterocycles.